The molecule has 8 heteroatoms. The van der Waals surface area contributed by atoms with E-state index >= 15 is 0 Å². The number of hydrogen-bond acceptors (Lipinski definition) is 6. The number of fused-ring (bicyclic) bond motifs is 1. The molecule has 29 heavy (non-hydrogen) atoms. The molecule has 1 unspecified atom stereocenters. The van der Waals surface area contributed by atoms with Crippen molar-refractivity contribution in [2.75, 3.05) is 17.6 Å². The predicted octanol–water partition coefficient (Wildman–Crippen LogP) is 3.51. The maximum atomic E-state index is 12.3. The molecule has 3 aromatic heterocycles. The molecule has 0 aliphatic rings. The summed E-state index contributed by atoms with van der Waals surface area (Å²) in [5.41, 5.74) is 8.89. The molecule has 0 fully saturated rings. The Kier molecular flexibility index (Phi) is 5.91. The van der Waals surface area contributed by atoms with E-state index in [0.717, 1.165) is 28.6 Å². The summed E-state index contributed by atoms with van der Waals surface area (Å²) in [5, 5.41) is 4.29. The van der Waals surface area contributed by atoms with E-state index < -0.39 is 0 Å². The van der Waals surface area contributed by atoms with Gasteiger partial charge in [-0.15, -0.1) is 0 Å². The number of nitrogens with zero attached hydrogens (tertiary/aromatic N) is 5. The van der Waals surface area contributed by atoms with Crippen molar-refractivity contribution in [3.8, 4) is 0 Å². The number of rotatable bonds is 7. The summed E-state index contributed by atoms with van der Waals surface area (Å²) in [6.45, 7) is 13.0. The molecule has 0 saturated carbocycles. The van der Waals surface area contributed by atoms with E-state index in [1.54, 1.807) is 4.57 Å². The molecule has 0 aliphatic carbocycles. The van der Waals surface area contributed by atoms with Gasteiger partial charge in [0, 0.05) is 36.6 Å². The van der Waals surface area contributed by atoms with Gasteiger partial charge in [0.1, 0.15) is 23.6 Å². The highest BCUT2D eigenvalue weighted by atomic mass is 16.1. The third kappa shape index (κ3) is 3.97. The minimum absolute atomic E-state index is 0.0818. The number of aryl methyl sites for hydroxylation is 1. The van der Waals surface area contributed by atoms with Gasteiger partial charge in [-0.1, -0.05) is 20.8 Å². The van der Waals surface area contributed by atoms with Crippen LogP contribution in [0.15, 0.2) is 23.5 Å². The van der Waals surface area contributed by atoms with E-state index in [2.05, 4.69) is 58.7 Å². The van der Waals surface area contributed by atoms with Gasteiger partial charge >= 0.3 is 5.69 Å². The van der Waals surface area contributed by atoms with Gasteiger partial charge in [0.2, 0.25) is 0 Å². The molecule has 0 aliphatic heterocycles. The Bertz CT molecular complexity index is 1060. The van der Waals surface area contributed by atoms with E-state index in [1.807, 2.05) is 20.0 Å². The summed E-state index contributed by atoms with van der Waals surface area (Å²) in [6, 6.07) is 0.164. The van der Waals surface area contributed by atoms with Crippen molar-refractivity contribution < 1.29 is 0 Å². The number of nitrogen functional groups attached to an aromatic ring is 1. The summed E-state index contributed by atoms with van der Waals surface area (Å²) in [7, 11) is 0. The van der Waals surface area contributed by atoms with Gasteiger partial charge in [0.05, 0.1) is 5.39 Å². The third-order valence-corrected chi connectivity index (χ3v) is 5.29. The van der Waals surface area contributed by atoms with Crippen LogP contribution in [0.3, 0.4) is 0 Å². The van der Waals surface area contributed by atoms with Crippen LogP contribution in [0.5, 0.6) is 0 Å². The minimum atomic E-state index is -0.235. The first kappa shape index (κ1) is 20.8. The quantitative estimate of drug-likeness (QED) is 0.632. The van der Waals surface area contributed by atoms with Crippen molar-refractivity contribution in [3.63, 3.8) is 0 Å². The van der Waals surface area contributed by atoms with Gasteiger partial charge in [0.15, 0.2) is 0 Å². The first-order valence-electron chi connectivity index (χ1n) is 10.2. The highest BCUT2D eigenvalue weighted by Crippen LogP contribution is 2.31. The molecule has 0 aromatic carbocycles. The Balaban J connectivity index is 1.91. The Morgan fingerprint density at radius 3 is 2.45 bits per heavy atom. The lowest BCUT2D eigenvalue weighted by atomic mass is 10.0. The standard InChI is InChI=1S/C21H31N7O/c1-7-15-9-27(13(4)5)21(29)26-19(15)23-8-14(6)28-10-16(12(2)3)17-18(22)24-11-25-20(17)28/h9-14H,7-8H2,1-6H3,(H2,22,24,25)(H,23,26,29). The maximum Gasteiger partial charge on any atom is 0.349 e. The van der Waals surface area contributed by atoms with E-state index in [1.165, 1.54) is 6.33 Å². The molecule has 3 N–H and O–H groups in total. The molecule has 0 amide bonds. The summed E-state index contributed by atoms with van der Waals surface area (Å²) >= 11 is 0. The van der Waals surface area contributed by atoms with Crippen LogP contribution in [0.2, 0.25) is 0 Å². The molecule has 0 bridgehead atoms. The summed E-state index contributed by atoms with van der Waals surface area (Å²) in [5.74, 6) is 1.46. The second-order valence-corrected chi connectivity index (χ2v) is 8.09. The van der Waals surface area contributed by atoms with Crippen molar-refractivity contribution in [2.24, 2.45) is 0 Å². The molecule has 3 aromatic rings. The molecule has 0 saturated heterocycles. The van der Waals surface area contributed by atoms with Gasteiger partial charge in [-0.2, -0.15) is 4.98 Å². The van der Waals surface area contributed by atoms with Crippen LogP contribution in [-0.4, -0.2) is 30.6 Å². The molecular formula is C21H31N7O. The van der Waals surface area contributed by atoms with Crippen molar-refractivity contribution >= 4 is 22.7 Å². The van der Waals surface area contributed by atoms with Crippen molar-refractivity contribution in [3.05, 3.63) is 40.3 Å². The molecule has 8 nitrogen and oxygen atoms in total. The zero-order valence-electron chi connectivity index (χ0n) is 18.1. The average molecular weight is 398 g/mol. The van der Waals surface area contributed by atoms with Crippen LogP contribution >= 0.6 is 0 Å². The number of anilines is 2. The van der Waals surface area contributed by atoms with Crippen LogP contribution < -0.4 is 16.7 Å². The third-order valence-electron chi connectivity index (χ3n) is 5.29. The lowest BCUT2D eigenvalue weighted by Gasteiger charge is -2.18. The van der Waals surface area contributed by atoms with E-state index in [9.17, 15) is 4.79 Å². The lowest BCUT2D eigenvalue weighted by molar-refractivity contribution is 0.557. The first-order chi connectivity index (χ1) is 13.7. The van der Waals surface area contributed by atoms with Crippen LogP contribution in [-0.2, 0) is 6.42 Å². The van der Waals surface area contributed by atoms with Crippen LogP contribution in [0, 0.1) is 0 Å². The lowest BCUT2D eigenvalue weighted by Crippen LogP contribution is -2.27. The molecule has 0 spiro atoms. The smallest absolute Gasteiger partial charge is 0.349 e. The number of hydrogen-bond donors (Lipinski definition) is 2. The number of nitrogens with one attached hydrogen (secondary N) is 1. The average Bonchev–Trinajstić information content (AvgIpc) is 3.07. The van der Waals surface area contributed by atoms with Gasteiger partial charge in [-0.3, -0.25) is 4.57 Å². The second kappa shape index (κ2) is 8.23. The minimum Gasteiger partial charge on any atom is -0.383 e. The molecule has 1 atom stereocenters. The van der Waals surface area contributed by atoms with E-state index in [4.69, 9.17) is 5.73 Å². The second-order valence-electron chi connectivity index (χ2n) is 8.09. The van der Waals surface area contributed by atoms with Crippen molar-refractivity contribution in [1.82, 2.24) is 24.1 Å². The number of nitrogens with two attached hydrogens (primary N) is 1. The normalized spacial score (nSPS) is 12.8. The zero-order chi connectivity index (χ0) is 21.3. The largest absolute Gasteiger partial charge is 0.383 e. The van der Waals surface area contributed by atoms with Crippen molar-refractivity contribution in [2.45, 2.75) is 66.0 Å². The highest BCUT2D eigenvalue weighted by molar-refractivity contribution is 5.90. The SMILES string of the molecule is CCc1cn(C(C)C)c(=O)nc1NCC(C)n1cc(C(C)C)c2c(N)ncnc21. The molecule has 0 radical (unpaired) electrons. The summed E-state index contributed by atoms with van der Waals surface area (Å²) in [6.07, 6.45) is 6.31. The maximum absolute atomic E-state index is 12.3. The molecule has 3 heterocycles. The summed E-state index contributed by atoms with van der Waals surface area (Å²) < 4.78 is 3.79. The fourth-order valence-electron chi connectivity index (χ4n) is 3.55. The van der Waals surface area contributed by atoms with Gasteiger partial charge < -0.3 is 15.6 Å². The fourth-order valence-corrected chi connectivity index (χ4v) is 3.55. The Morgan fingerprint density at radius 2 is 1.83 bits per heavy atom. The van der Waals surface area contributed by atoms with Crippen molar-refractivity contribution in [1.29, 1.82) is 0 Å². The van der Waals surface area contributed by atoms with Crippen LogP contribution in [0.1, 0.15) is 70.7 Å². The predicted molar refractivity (Wildman–Crippen MR) is 117 cm³/mol. The Labute approximate surface area is 171 Å². The Morgan fingerprint density at radius 1 is 1.10 bits per heavy atom. The number of aromatic nitrogens is 5. The van der Waals surface area contributed by atoms with E-state index in [-0.39, 0.29) is 17.8 Å². The van der Waals surface area contributed by atoms with Gasteiger partial charge in [-0.25, -0.2) is 14.8 Å². The van der Waals surface area contributed by atoms with Crippen LogP contribution in [0.25, 0.3) is 11.0 Å². The molecular weight excluding hydrogens is 366 g/mol. The molecule has 3 rings (SSSR count). The fraction of sp³-hybridized carbons (Fsp3) is 0.524. The van der Waals surface area contributed by atoms with Crippen LogP contribution in [0.4, 0.5) is 11.6 Å². The highest BCUT2D eigenvalue weighted by Gasteiger charge is 2.19. The topological polar surface area (TPSA) is 104 Å². The van der Waals surface area contributed by atoms with E-state index in [0.29, 0.717) is 24.1 Å². The monoisotopic (exact) mass is 397 g/mol. The molecule has 156 valence electrons. The first-order valence-corrected chi connectivity index (χ1v) is 10.2. The Hall–Kier alpha value is -2.90. The zero-order valence-corrected chi connectivity index (χ0v) is 18.1. The summed E-state index contributed by atoms with van der Waals surface area (Å²) in [4.78, 5) is 25.2. The van der Waals surface area contributed by atoms with Gasteiger partial charge in [0.25, 0.3) is 0 Å². The van der Waals surface area contributed by atoms with Gasteiger partial charge in [-0.05, 0) is 38.7 Å².